The Hall–Kier alpha value is -2.90. The molecule has 0 aliphatic heterocycles. The van der Waals surface area contributed by atoms with Crippen molar-refractivity contribution in [3.8, 4) is 0 Å². The average Bonchev–Trinajstić information content (AvgIpc) is 3.18. The van der Waals surface area contributed by atoms with Crippen LogP contribution in [0, 0.1) is 6.92 Å². The second kappa shape index (κ2) is 9.28. The predicted octanol–water partition coefficient (Wildman–Crippen LogP) is 4.22. The summed E-state index contributed by atoms with van der Waals surface area (Å²) in [7, 11) is 0. The molecule has 0 saturated heterocycles. The second-order valence-corrected chi connectivity index (χ2v) is 8.82. The molecule has 2 aromatic heterocycles. The van der Waals surface area contributed by atoms with E-state index in [2.05, 4.69) is 10.3 Å². The van der Waals surface area contributed by atoms with E-state index in [1.807, 2.05) is 66.9 Å². The van der Waals surface area contributed by atoms with Gasteiger partial charge in [-0.25, -0.2) is 4.98 Å². The topological polar surface area (TPSA) is 64.0 Å². The lowest BCUT2D eigenvalue weighted by molar-refractivity contribution is -0.118. The summed E-state index contributed by atoms with van der Waals surface area (Å²) in [4.78, 5) is 31.4. The molecule has 0 spiro atoms. The van der Waals surface area contributed by atoms with Gasteiger partial charge in [0, 0.05) is 4.88 Å². The van der Waals surface area contributed by atoms with Crippen LogP contribution in [-0.4, -0.2) is 21.2 Å². The maximum absolute atomic E-state index is 13.1. The Morgan fingerprint density at radius 3 is 2.63 bits per heavy atom. The van der Waals surface area contributed by atoms with Gasteiger partial charge < -0.3 is 5.32 Å². The molecular formula is C23H21N3O2S2. The smallest absolute Gasteiger partial charge is 0.262 e. The average molecular weight is 436 g/mol. The largest absolute Gasteiger partial charge is 0.350 e. The highest BCUT2D eigenvalue weighted by Crippen LogP contribution is 2.19. The van der Waals surface area contributed by atoms with Crippen LogP contribution >= 0.6 is 23.1 Å². The van der Waals surface area contributed by atoms with Gasteiger partial charge >= 0.3 is 0 Å². The van der Waals surface area contributed by atoms with E-state index in [0.29, 0.717) is 29.1 Å². The Kier molecular flexibility index (Phi) is 6.30. The Morgan fingerprint density at radius 2 is 1.87 bits per heavy atom. The molecule has 0 radical (unpaired) electrons. The minimum Gasteiger partial charge on any atom is -0.350 e. The van der Waals surface area contributed by atoms with Crippen molar-refractivity contribution < 1.29 is 4.79 Å². The Labute approximate surface area is 182 Å². The van der Waals surface area contributed by atoms with Gasteiger partial charge in [0.1, 0.15) is 0 Å². The van der Waals surface area contributed by atoms with Crippen LogP contribution in [0.25, 0.3) is 10.9 Å². The van der Waals surface area contributed by atoms with Crippen molar-refractivity contribution in [2.24, 2.45) is 0 Å². The Morgan fingerprint density at radius 1 is 1.10 bits per heavy atom. The number of aryl methyl sites for hydroxylation is 1. The molecule has 0 atom stereocenters. The first-order valence-corrected chi connectivity index (χ1v) is 11.4. The third kappa shape index (κ3) is 4.63. The van der Waals surface area contributed by atoms with E-state index in [1.165, 1.54) is 17.3 Å². The van der Waals surface area contributed by atoms with Crippen molar-refractivity contribution in [1.82, 2.24) is 14.9 Å². The number of nitrogens with zero attached hydrogens (tertiary/aromatic N) is 2. The molecule has 0 saturated carbocycles. The van der Waals surface area contributed by atoms with Gasteiger partial charge in [-0.2, -0.15) is 0 Å². The van der Waals surface area contributed by atoms with Crippen LogP contribution < -0.4 is 10.9 Å². The molecule has 0 fully saturated rings. The maximum atomic E-state index is 13.1. The van der Waals surface area contributed by atoms with Gasteiger partial charge in [-0.05, 0) is 41.6 Å². The lowest BCUT2D eigenvalue weighted by atomic mass is 10.2. The van der Waals surface area contributed by atoms with Crippen LogP contribution in [0.1, 0.15) is 16.0 Å². The Balaban J connectivity index is 1.55. The van der Waals surface area contributed by atoms with E-state index in [0.717, 1.165) is 10.4 Å². The number of hydrogen-bond acceptors (Lipinski definition) is 5. The zero-order valence-electron chi connectivity index (χ0n) is 16.5. The van der Waals surface area contributed by atoms with Crippen LogP contribution in [0.2, 0.25) is 0 Å². The fourth-order valence-electron chi connectivity index (χ4n) is 3.11. The summed E-state index contributed by atoms with van der Waals surface area (Å²) in [5, 5.41) is 6.10. The zero-order chi connectivity index (χ0) is 20.9. The van der Waals surface area contributed by atoms with E-state index in [1.54, 1.807) is 22.0 Å². The summed E-state index contributed by atoms with van der Waals surface area (Å²) in [5.41, 5.74) is 2.74. The quantitative estimate of drug-likeness (QED) is 0.349. The van der Waals surface area contributed by atoms with Crippen molar-refractivity contribution in [2.75, 3.05) is 5.75 Å². The number of aromatic nitrogens is 2. The number of fused-ring (bicyclic) bond motifs is 1. The van der Waals surface area contributed by atoms with E-state index >= 15 is 0 Å². The molecule has 30 heavy (non-hydrogen) atoms. The lowest BCUT2D eigenvalue weighted by Gasteiger charge is -2.13. The molecule has 2 aromatic carbocycles. The molecule has 2 heterocycles. The van der Waals surface area contributed by atoms with Gasteiger partial charge in [0.2, 0.25) is 5.91 Å². The van der Waals surface area contributed by atoms with Crippen LogP contribution in [0.5, 0.6) is 0 Å². The summed E-state index contributed by atoms with van der Waals surface area (Å²) >= 11 is 2.92. The zero-order valence-corrected chi connectivity index (χ0v) is 18.1. The van der Waals surface area contributed by atoms with Gasteiger partial charge in [-0.15, -0.1) is 11.3 Å². The minimum atomic E-state index is -0.0958. The van der Waals surface area contributed by atoms with E-state index in [-0.39, 0.29) is 17.2 Å². The second-order valence-electron chi connectivity index (χ2n) is 6.88. The number of hydrogen-bond donors (Lipinski definition) is 1. The van der Waals surface area contributed by atoms with Crippen LogP contribution in [-0.2, 0) is 17.9 Å². The van der Waals surface area contributed by atoms with Gasteiger partial charge in [-0.3, -0.25) is 14.2 Å². The summed E-state index contributed by atoms with van der Waals surface area (Å²) in [6, 6.07) is 19.2. The maximum Gasteiger partial charge on any atom is 0.262 e. The highest BCUT2D eigenvalue weighted by Gasteiger charge is 2.14. The number of amides is 1. The lowest BCUT2D eigenvalue weighted by Crippen LogP contribution is -2.27. The fourth-order valence-corrected chi connectivity index (χ4v) is 4.78. The number of nitrogens with one attached hydrogen (secondary N) is 1. The molecule has 1 amide bonds. The van der Waals surface area contributed by atoms with Crippen molar-refractivity contribution in [3.63, 3.8) is 0 Å². The number of thioether (sulfide) groups is 1. The first-order chi connectivity index (χ1) is 14.6. The molecule has 4 rings (SSSR count). The first-order valence-electron chi connectivity index (χ1n) is 9.58. The molecular weight excluding hydrogens is 414 g/mol. The standard InChI is InChI=1S/C23H21N3O2S2/c1-16-11-12-29-20(16)13-24-21(27)15-30-23-25-19-10-6-5-9-18(19)22(28)26(23)14-17-7-3-2-4-8-17/h2-12H,13-15H2,1H3,(H,24,27). The van der Waals surface area contributed by atoms with Crippen molar-refractivity contribution in [3.05, 3.63) is 92.4 Å². The fraction of sp³-hybridized carbons (Fsp3) is 0.174. The molecule has 4 aromatic rings. The van der Waals surface area contributed by atoms with Crippen molar-refractivity contribution in [2.45, 2.75) is 25.2 Å². The number of para-hydroxylation sites is 1. The third-order valence-electron chi connectivity index (χ3n) is 4.76. The third-order valence-corrected chi connectivity index (χ3v) is 6.76. The van der Waals surface area contributed by atoms with E-state index in [9.17, 15) is 9.59 Å². The minimum absolute atomic E-state index is 0.0820. The molecule has 0 unspecified atom stereocenters. The molecule has 1 N–H and O–H groups in total. The van der Waals surface area contributed by atoms with Gasteiger partial charge in [-0.1, -0.05) is 54.2 Å². The molecule has 152 valence electrons. The summed E-state index contributed by atoms with van der Waals surface area (Å²) in [6.07, 6.45) is 0. The summed E-state index contributed by atoms with van der Waals surface area (Å²) < 4.78 is 1.65. The van der Waals surface area contributed by atoms with Crippen LogP contribution in [0.15, 0.2) is 76.0 Å². The highest BCUT2D eigenvalue weighted by atomic mass is 32.2. The monoisotopic (exact) mass is 435 g/mol. The van der Waals surface area contributed by atoms with Gasteiger partial charge in [0.15, 0.2) is 5.16 Å². The number of rotatable bonds is 7. The molecule has 7 heteroatoms. The first kappa shape index (κ1) is 20.4. The molecule has 0 aliphatic rings. The van der Waals surface area contributed by atoms with Gasteiger partial charge in [0.05, 0.1) is 29.7 Å². The van der Waals surface area contributed by atoms with Crippen molar-refractivity contribution >= 4 is 39.9 Å². The van der Waals surface area contributed by atoms with Gasteiger partial charge in [0.25, 0.3) is 5.56 Å². The van der Waals surface area contributed by atoms with E-state index in [4.69, 9.17) is 0 Å². The molecule has 5 nitrogen and oxygen atoms in total. The number of thiophene rings is 1. The molecule has 0 bridgehead atoms. The summed E-state index contributed by atoms with van der Waals surface area (Å²) in [6.45, 7) is 2.97. The number of carbonyl (C=O) groups excluding carboxylic acids is 1. The highest BCUT2D eigenvalue weighted by molar-refractivity contribution is 7.99. The van der Waals surface area contributed by atoms with Crippen LogP contribution in [0.4, 0.5) is 0 Å². The number of carbonyl (C=O) groups is 1. The summed E-state index contributed by atoms with van der Waals surface area (Å²) in [5.74, 6) is 0.116. The van der Waals surface area contributed by atoms with E-state index < -0.39 is 0 Å². The molecule has 0 aliphatic carbocycles. The van der Waals surface area contributed by atoms with Crippen LogP contribution in [0.3, 0.4) is 0 Å². The SMILES string of the molecule is Cc1ccsc1CNC(=O)CSc1nc2ccccc2c(=O)n1Cc1ccccc1. The number of benzene rings is 2. The van der Waals surface area contributed by atoms with Crippen molar-refractivity contribution in [1.29, 1.82) is 0 Å². The Bertz CT molecular complexity index is 1230. The predicted molar refractivity (Wildman–Crippen MR) is 123 cm³/mol. The normalized spacial score (nSPS) is 11.0.